The first-order valence-electron chi connectivity index (χ1n) is 14.6. The Kier molecular flexibility index (Phi) is 7.40. The summed E-state index contributed by atoms with van der Waals surface area (Å²) >= 11 is 0. The van der Waals surface area contributed by atoms with Crippen molar-refractivity contribution in [3.63, 3.8) is 0 Å². The van der Waals surface area contributed by atoms with Gasteiger partial charge >= 0.3 is 0 Å². The molecule has 0 saturated carbocycles. The van der Waals surface area contributed by atoms with Gasteiger partial charge in [0.25, 0.3) is 0 Å². The average molecular weight is 608 g/mol. The Bertz CT molecular complexity index is 2040. The number of aromatic amines is 1. The van der Waals surface area contributed by atoms with Crippen molar-refractivity contribution in [1.29, 1.82) is 0 Å². The lowest BCUT2D eigenvalue weighted by molar-refractivity contribution is 0.100. The lowest BCUT2D eigenvalue weighted by atomic mass is 9.91. The Balaban J connectivity index is 1.56. The van der Waals surface area contributed by atoms with Crippen molar-refractivity contribution in [2.45, 2.75) is 40.5 Å². The number of ether oxygens (including phenoxy) is 2. The number of hydrogen-bond donors (Lipinski definition) is 5. The van der Waals surface area contributed by atoms with E-state index in [4.69, 9.17) is 9.47 Å². The summed E-state index contributed by atoms with van der Waals surface area (Å²) in [7, 11) is 0. The topological polar surface area (TPSA) is 149 Å². The largest absolute Gasteiger partial charge is 0.507 e. The highest BCUT2D eigenvalue weighted by Gasteiger charge is 2.25. The van der Waals surface area contributed by atoms with E-state index in [1.165, 1.54) is 26.0 Å². The predicted molar refractivity (Wildman–Crippen MR) is 169 cm³/mol. The van der Waals surface area contributed by atoms with Crippen LogP contribution in [0.4, 0.5) is 0 Å². The Morgan fingerprint density at radius 1 is 0.667 bits per heavy atom. The van der Waals surface area contributed by atoms with Gasteiger partial charge in [-0.05, 0) is 91.9 Å². The molecule has 5 aromatic rings. The van der Waals surface area contributed by atoms with E-state index in [0.717, 1.165) is 22.0 Å². The van der Waals surface area contributed by atoms with Gasteiger partial charge in [-0.1, -0.05) is 12.1 Å². The first-order valence-corrected chi connectivity index (χ1v) is 14.6. The lowest BCUT2D eigenvalue weighted by Gasteiger charge is -2.19. The number of fused-ring (bicyclic) bond motifs is 2. The van der Waals surface area contributed by atoms with Crippen LogP contribution in [-0.4, -0.2) is 50.2 Å². The molecule has 0 fully saturated rings. The molecule has 1 aliphatic rings. The number of H-pyrrole nitrogens is 1. The smallest absolute Gasteiger partial charge is 0.163 e. The second-order valence-corrected chi connectivity index (χ2v) is 11.5. The molecular weight excluding hydrogens is 574 g/mol. The van der Waals surface area contributed by atoms with Crippen LogP contribution in [0.1, 0.15) is 68.1 Å². The lowest BCUT2D eigenvalue weighted by Crippen LogP contribution is -2.15. The summed E-state index contributed by atoms with van der Waals surface area (Å²) in [6.45, 7) is 6.95. The number of hydrogen-bond acceptors (Lipinski definition) is 8. The summed E-state index contributed by atoms with van der Waals surface area (Å²) in [5.74, 6) is -0.272. The van der Waals surface area contributed by atoms with Crippen LogP contribution in [0.25, 0.3) is 22.0 Å². The number of phenolic OH excluding ortho intramolecular Hbond substituents is 4. The molecule has 6 rings (SSSR count). The number of aromatic nitrogens is 1. The summed E-state index contributed by atoms with van der Waals surface area (Å²) in [6.07, 6.45) is 0.0301. The molecule has 0 radical (unpaired) electrons. The molecule has 1 aliphatic heterocycles. The number of aromatic hydroxyl groups is 4. The van der Waals surface area contributed by atoms with Gasteiger partial charge in [-0.25, -0.2) is 0 Å². The number of carbonyl (C=O) groups excluding carboxylic acids is 2. The number of nitrogens with one attached hydrogen (secondary N) is 1. The SMILES string of the molecule is CC(=O)c1cc(C)c(O)c(Cc2[nH]c3ccc(-c4ccc5c(c4)OCCO5)cc3c2Cc2c(O)c(C)cc(C(C)=O)c2O)c1O. The maximum Gasteiger partial charge on any atom is 0.163 e. The van der Waals surface area contributed by atoms with E-state index in [2.05, 4.69) is 4.98 Å². The number of rotatable bonds is 7. The van der Waals surface area contributed by atoms with Crippen LogP contribution >= 0.6 is 0 Å². The number of carbonyl (C=O) groups is 2. The fourth-order valence-electron chi connectivity index (χ4n) is 6.02. The van der Waals surface area contributed by atoms with Crippen LogP contribution in [0.3, 0.4) is 0 Å². The van der Waals surface area contributed by atoms with E-state index in [1.807, 2.05) is 36.4 Å². The van der Waals surface area contributed by atoms with Gasteiger partial charge in [0, 0.05) is 40.6 Å². The minimum absolute atomic E-state index is 0.00982. The fraction of sp³-hybridized carbons (Fsp3) is 0.222. The van der Waals surface area contributed by atoms with Gasteiger partial charge in [-0.2, -0.15) is 0 Å². The molecule has 5 N–H and O–H groups in total. The summed E-state index contributed by atoms with van der Waals surface area (Å²) < 4.78 is 11.5. The number of benzene rings is 4. The van der Waals surface area contributed by atoms with Gasteiger partial charge in [0.1, 0.15) is 36.2 Å². The van der Waals surface area contributed by atoms with Crippen molar-refractivity contribution in [1.82, 2.24) is 4.98 Å². The Hall–Kier alpha value is -5.44. The molecule has 9 nitrogen and oxygen atoms in total. The molecule has 0 bridgehead atoms. The van der Waals surface area contributed by atoms with Gasteiger partial charge in [-0.3, -0.25) is 9.59 Å². The molecule has 9 heteroatoms. The molecule has 0 amide bonds. The molecule has 0 unspecified atom stereocenters. The molecule has 0 spiro atoms. The van der Waals surface area contributed by atoms with Crippen molar-refractivity contribution in [3.8, 4) is 45.6 Å². The van der Waals surface area contributed by atoms with Crippen LogP contribution in [0.5, 0.6) is 34.5 Å². The third-order valence-electron chi connectivity index (χ3n) is 8.46. The Morgan fingerprint density at radius 2 is 1.20 bits per heavy atom. The van der Waals surface area contributed by atoms with Crippen molar-refractivity contribution in [2.75, 3.05) is 13.2 Å². The molecule has 230 valence electrons. The highest BCUT2D eigenvalue weighted by atomic mass is 16.6. The van der Waals surface area contributed by atoms with Crippen molar-refractivity contribution in [3.05, 3.63) is 93.2 Å². The molecule has 1 aromatic heterocycles. The molecule has 0 aliphatic carbocycles. The number of Topliss-reactive ketones (excluding diaryl/α,β-unsaturated/α-hetero) is 2. The number of phenols is 4. The molecule has 0 saturated heterocycles. The molecule has 4 aromatic carbocycles. The monoisotopic (exact) mass is 607 g/mol. The minimum Gasteiger partial charge on any atom is -0.507 e. The third kappa shape index (κ3) is 5.20. The minimum atomic E-state index is -0.344. The fourth-order valence-corrected chi connectivity index (χ4v) is 6.02. The van der Waals surface area contributed by atoms with Crippen LogP contribution in [0.2, 0.25) is 0 Å². The molecular formula is C36H33NO8. The molecule has 45 heavy (non-hydrogen) atoms. The van der Waals surface area contributed by atoms with Crippen molar-refractivity contribution >= 4 is 22.5 Å². The predicted octanol–water partition coefficient (Wildman–Crippen LogP) is 6.63. The quantitative estimate of drug-likeness (QED) is 0.129. The second-order valence-electron chi connectivity index (χ2n) is 11.5. The van der Waals surface area contributed by atoms with Gasteiger partial charge in [0.2, 0.25) is 0 Å². The zero-order chi connectivity index (χ0) is 32.2. The van der Waals surface area contributed by atoms with E-state index in [0.29, 0.717) is 47.1 Å². The highest BCUT2D eigenvalue weighted by molar-refractivity contribution is 5.99. The molecule has 0 atom stereocenters. The zero-order valence-corrected chi connectivity index (χ0v) is 25.4. The van der Waals surface area contributed by atoms with Gasteiger partial charge in [0.15, 0.2) is 23.1 Å². The van der Waals surface area contributed by atoms with Crippen LogP contribution in [0.15, 0.2) is 48.5 Å². The number of aryl methyl sites for hydroxylation is 2. The van der Waals surface area contributed by atoms with E-state index >= 15 is 0 Å². The van der Waals surface area contributed by atoms with E-state index < -0.39 is 0 Å². The first-order chi connectivity index (χ1) is 21.4. The first kappa shape index (κ1) is 29.6. The third-order valence-corrected chi connectivity index (χ3v) is 8.46. The Morgan fingerprint density at radius 3 is 1.80 bits per heavy atom. The summed E-state index contributed by atoms with van der Waals surface area (Å²) in [5.41, 5.74) is 5.15. The summed E-state index contributed by atoms with van der Waals surface area (Å²) in [5, 5.41) is 45.0. The van der Waals surface area contributed by atoms with Gasteiger partial charge < -0.3 is 34.9 Å². The summed E-state index contributed by atoms with van der Waals surface area (Å²) in [4.78, 5) is 28.0. The van der Waals surface area contributed by atoms with Gasteiger partial charge in [0.05, 0.1) is 11.1 Å². The molecule has 2 heterocycles. The van der Waals surface area contributed by atoms with Crippen molar-refractivity contribution < 1.29 is 39.5 Å². The normalized spacial score (nSPS) is 12.4. The van der Waals surface area contributed by atoms with Crippen LogP contribution < -0.4 is 9.47 Å². The van der Waals surface area contributed by atoms with E-state index in [1.54, 1.807) is 13.8 Å². The Labute approximate surface area is 259 Å². The average Bonchev–Trinajstić information content (AvgIpc) is 3.36. The van der Waals surface area contributed by atoms with Crippen LogP contribution in [-0.2, 0) is 12.8 Å². The zero-order valence-electron chi connectivity index (χ0n) is 25.4. The standard InChI is InChI=1S/C36H33NO8/c1-17-11-23(19(3)38)35(42)27(33(17)40)15-26-25-13-21(22-6-8-31-32(14-22)45-10-9-44-31)5-7-29(25)37-30(26)16-28-34(41)18(2)12-24(20(4)39)36(28)43/h5-8,11-14,37,40-43H,9-10,15-16H2,1-4H3. The van der Waals surface area contributed by atoms with Gasteiger partial charge in [-0.15, -0.1) is 0 Å². The van der Waals surface area contributed by atoms with E-state index in [-0.39, 0.29) is 69.7 Å². The van der Waals surface area contributed by atoms with Crippen LogP contribution in [0, 0.1) is 13.8 Å². The summed E-state index contributed by atoms with van der Waals surface area (Å²) in [6, 6.07) is 14.4. The maximum absolute atomic E-state index is 12.4. The number of ketones is 2. The van der Waals surface area contributed by atoms with E-state index in [9.17, 15) is 30.0 Å². The second kappa shape index (κ2) is 11.2. The maximum atomic E-state index is 12.4. The highest BCUT2D eigenvalue weighted by Crippen LogP contribution is 2.42. The van der Waals surface area contributed by atoms with Crippen molar-refractivity contribution in [2.24, 2.45) is 0 Å².